The van der Waals surface area contributed by atoms with Crippen molar-refractivity contribution in [3.8, 4) is 0 Å². The van der Waals surface area contributed by atoms with Crippen LogP contribution in [0.15, 0.2) is 41.1 Å². The van der Waals surface area contributed by atoms with Crippen LogP contribution in [-0.2, 0) is 6.42 Å². The van der Waals surface area contributed by atoms with E-state index in [1.54, 1.807) is 6.20 Å². The minimum Gasteiger partial charge on any atom is -0.342 e. The van der Waals surface area contributed by atoms with Crippen LogP contribution in [-0.4, -0.2) is 10.4 Å². The van der Waals surface area contributed by atoms with E-state index in [2.05, 4.69) is 10.4 Å². The molecule has 1 aromatic heterocycles. The van der Waals surface area contributed by atoms with E-state index >= 15 is 0 Å². The summed E-state index contributed by atoms with van der Waals surface area (Å²) in [4.78, 5) is 0. The maximum Gasteiger partial charge on any atom is 0.161 e. The zero-order valence-corrected chi connectivity index (χ0v) is 6.47. The van der Waals surface area contributed by atoms with Crippen molar-refractivity contribution in [1.29, 1.82) is 0 Å². The molecule has 0 spiro atoms. The molecule has 0 radical (unpaired) electrons. The highest BCUT2D eigenvalue weighted by Gasteiger charge is 1.98. The second-order valence-electron chi connectivity index (χ2n) is 2.55. The molecule has 0 amide bonds. The monoisotopic (exact) mass is 160 g/mol. The number of aromatic nitrogens is 2. The lowest BCUT2D eigenvalue weighted by Crippen LogP contribution is -1.83. The van der Waals surface area contributed by atoms with Gasteiger partial charge in [-0.1, -0.05) is 30.3 Å². The Morgan fingerprint density at radius 2 is 2.00 bits per heavy atom. The van der Waals surface area contributed by atoms with Gasteiger partial charge in [0.25, 0.3) is 0 Å². The van der Waals surface area contributed by atoms with Crippen molar-refractivity contribution >= 4 is 0 Å². The summed E-state index contributed by atoms with van der Waals surface area (Å²) in [5, 5.41) is 7.00. The van der Waals surface area contributed by atoms with Gasteiger partial charge in [0.05, 0.1) is 6.20 Å². The maximum atomic E-state index is 4.88. The first-order valence-corrected chi connectivity index (χ1v) is 3.75. The topological polar surface area (TPSA) is 38.9 Å². The van der Waals surface area contributed by atoms with E-state index in [4.69, 9.17) is 4.52 Å². The van der Waals surface area contributed by atoms with Crippen LogP contribution < -0.4 is 0 Å². The number of hydrogen-bond donors (Lipinski definition) is 0. The zero-order chi connectivity index (χ0) is 8.23. The van der Waals surface area contributed by atoms with Crippen molar-refractivity contribution in [3.63, 3.8) is 0 Å². The molecule has 0 saturated heterocycles. The molecule has 0 aliphatic rings. The summed E-state index contributed by atoms with van der Waals surface area (Å²) in [7, 11) is 0. The highest BCUT2D eigenvalue weighted by atomic mass is 16.5. The first kappa shape index (κ1) is 7.03. The van der Waals surface area contributed by atoms with E-state index in [-0.39, 0.29) is 0 Å². The molecule has 0 bridgehead atoms. The third-order valence-electron chi connectivity index (χ3n) is 1.63. The summed E-state index contributed by atoms with van der Waals surface area (Å²) in [5.74, 6) is 0.793. The minimum atomic E-state index is 0.758. The van der Waals surface area contributed by atoms with Crippen molar-refractivity contribution in [3.05, 3.63) is 47.9 Å². The Balaban J connectivity index is 2.15. The molecule has 0 N–H and O–H groups in total. The summed E-state index contributed by atoms with van der Waals surface area (Å²) < 4.78 is 4.88. The Hall–Kier alpha value is -1.64. The SMILES string of the molecule is c1ccc(Cc2cnno2)cc1. The predicted octanol–water partition coefficient (Wildman–Crippen LogP) is 1.66. The number of hydrogen-bond acceptors (Lipinski definition) is 3. The van der Waals surface area contributed by atoms with Gasteiger partial charge < -0.3 is 4.52 Å². The average Bonchev–Trinajstić information content (AvgIpc) is 2.59. The largest absolute Gasteiger partial charge is 0.342 e. The number of benzene rings is 1. The first-order chi connectivity index (χ1) is 5.95. The van der Waals surface area contributed by atoms with Gasteiger partial charge in [0, 0.05) is 11.7 Å². The van der Waals surface area contributed by atoms with Crippen LogP contribution in [0.3, 0.4) is 0 Å². The van der Waals surface area contributed by atoms with Crippen molar-refractivity contribution in [2.24, 2.45) is 0 Å². The molecule has 0 unspecified atom stereocenters. The molecule has 1 heterocycles. The van der Waals surface area contributed by atoms with Crippen LogP contribution in [0, 0.1) is 0 Å². The molecule has 3 heteroatoms. The van der Waals surface area contributed by atoms with Gasteiger partial charge in [0.15, 0.2) is 5.76 Å². The van der Waals surface area contributed by atoms with Gasteiger partial charge in [-0.3, -0.25) is 0 Å². The van der Waals surface area contributed by atoms with Crippen LogP contribution in [0.5, 0.6) is 0 Å². The van der Waals surface area contributed by atoms with Crippen LogP contribution >= 0.6 is 0 Å². The second kappa shape index (κ2) is 3.17. The lowest BCUT2D eigenvalue weighted by Gasteiger charge is -1.93. The Morgan fingerprint density at radius 1 is 1.17 bits per heavy atom. The van der Waals surface area contributed by atoms with Crippen molar-refractivity contribution in [2.45, 2.75) is 6.42 Å². The van der Waals surface area contributed by atoms with Gasteiger partial charge in [-0.2, -0.15) is 0 Å². The van der Waals surface area contributed by atoms with Crippen LogP contribution in [0.25, 0.3) is 0 Å². The summed E-state index contributed by atoms with van der Waals surface area (Å²) in [5.41, 5.74) is 1.20. The second-order valence-corrected chi connectivity index (χ2v) is 2.55. The highest BCUT2D eigenvalue weighted by molar-refractivity contribution is 5.18. The lowest BCUT2D eigenvalue weighted by atomic mass is 10.1. The summed E-state index contributed by atoms with van der Waals surface area (Å²) in [6, 6.07) is 10.1. The average molecular weight is 160 g/mol. The van der Waals surface area contributed by atoms with Crippen molar-refractivity contribution in [1.82, 2.24) is 10.4 Å². The highest BCUT2D eigenvalue weighted by Crippen LogP contribution is 2.06. The van der Waals surface area contributed by atoms with E-state index in [0.29, 0.717) is 0 Å². The summed E-state index contributed by atoms with van der Waals surface area (Å²) >= 11 is 0. The molecule has 0 fully saturated rings. The molecule has 0 aliphatic carbocycles. The molecule has 3 nitrogen and oxygen atoms in total. The number of rotatable bonds is 2. The molecule has 2 rings (SSSR count). The van der Waals surface area contributed by atoms with Gasteiger partial charge in [-0.15, -0.1) is 5.10 Å². The molecule has 1 aromatic carbocycles. The normalized spacial score (nSPS) is 10.0. The third kappa shape index (κ3) is 1.50. The molecular weight excluding hydrogens is 152 g/mol. The van der Waals surface area contributed by atoms with E-state index in [1.807, 2.05) is 30.3 Å². The fraction of sp³-hybridized carbons (Fsp3) is 0.111. The van der Waals surface area contributed by atoms with E-state index in [9.17, 15) is 0 Å². The van der Waals surface area contributed by atoms with E-state index in [1.165, 1.54) is 5.56 Å². The first-order valence-electron chi connectivity index (χ1n) is 3.75. The van der Waals surface area contributed by atoms with Gasteiger partial charge in [-0.05, 0) is 5.56 Å². The molecule has 60 valence electrons. The quantitative estimate of drug-likeness (QED) is 0.670. The number of nitrogens with zero attached hydrogens (tertiary/aromatic N) is 2. The van der Waals surface area contributed by atoms with Crippen LogP contribution in [0.1, 0.15) is 11.3 Å². The summed E-state index contributed by atoms with van der Waals surface area (Å²) in [6.07, 6.45) is 2.39. The summed E-state index contributed by atoms with van der Waals surface area (Å²) in [6.45, 7) is 0. The lowest BCUT2D eigenvalue weighted by molar-refractivity contribution is 0.367. The van der Waals surface area contributed by atoms with Crippen molar-refractivity contribution < 1.29 is 4.52 Å². The smallest absolute Gasteiger partial charge is 0.161 e. The predicted molar refractivity (Wildman–Crippen MR) is 43.5 cm³/mol. The van der Waals surface area contributed by atoms with Gasteiger partial charge in [-0.25, -0.2) is 0 Å². The molecule has 0 atom stereocenters. The third-order valence-corrected chi connectivity index (χ3v) is 1.63. The standard InChI is InChI=1S/C9H8N2O/c1-2-4-8(5-3-1)6-9-7-10-11-12-9/h1-5,7H,6H2. The Kier molecular flexibility index (Phi) is 1.86. The fourth-order valence-electron chi connectivity index (χ4n) is 1.06. The fourth-order valence-corrected chi connectivity index (χ4v) is 1.06. The maximum absolute atomic E-state index is 4.88. The Bertz CT molecular complexity index is 329. The molecular formula is C9H8N2O. The van der Waals surface area contributed by atoms with Crippen molar-refractivity contribution in [2.75, 3.05) is 0 Å². The Morgan fingerprint density at radius 3 is 2.67 bits per heavy atom. The van der Waals surface area contributed by atoms with Gasteiger partial charge >= 0.3 is 0 Å². The van der Waals surface area contributed by atoms with E-state index in [0.717, 1.165) is 12.2 Å². The molecule has 0 saturated carbocycles. The van der Waals surface area contributed by atoms with E-state index < -0.39 is 0 Å². The molecule has 2 aromatic rings. The van der Waals surface area contributed by atoms with Gasteiger partial charge in [0.1, 0.15) is 0 Å². The molecule has 12 heavy (non-hydrogen) atoms. The van der Waals surface area contributed by atoms with Crippen LogP contribution in [0.4, 0.5) is 0 Å². The zero-order valence-electron chi connectivity index (χ0n) is 6.47. The Labute approximate surface area is 70.0 Å². The van der Waals surface area contributed by atoms with Crippen LogP contribution in [0.2, 0.25) is 0 Å². The van der Waals surface area contributed by atoms with Gasteiger partial charge in [0.2, 0.25) is 0 Å². The molecule has 0 aliphatic heterocycles. The minimum absolute atomic E-state index is 0.758.